The van der Waals surface area contributed by atoms with Crippen LogP contribution in [0.2, 0.25) is 15.1 Å². The first-order valence-corrected chi connectivity index (χ1v) is 6.90. The van der Waals surface area contributed by atoms with Gasteiger partial charge in [-0.1, -0.05) is 34.8 Å². The van der Waals surface area contributed by atoms with Crippen LogP contribution in [0.3, 0.4) is 0 Å². The molecule has 1 aromatic rings. The molecule has 102 valence electrons. The minimum atomic E-state index is 0.447. The van der Waals surface area contributed by atoms with Crippen LogP contribution in [-0.2, 0) is 11.2 Å². The molecular formula is C14H14Cl3NO. The van der Waals surface area contributed by atoms with E-state index in [0.717, 1.165) is 18.4 Å². The maximum atomic E-state index is 9.01. The Balaban J connectivity index is 2.69. The van der Waals surface area contributed by atoms with Crippen LogP contribution in [0.1, 0.15) is 25.3 Å². The fraction of sp³-hybridized carbons (Fsp3) is 0.357. The zero-order valence-corrected chi connectivity index (χ0v) is 13.0. The van der Waals surface area contributed by atoms with Crippen molar-refractivity contribution >= 4 is 34.8 Å². The van der Waals surface area contributed by atoms with Crippen LogP contribution >= 0.6 is 34.8 Å². The molecule has 0 heterocycles. The van der Waals surface area contributed by atoms with Gasteiger partial charge in [0.1, 0.15) is 5.76 Å². The maximum Gasteiger partial charge on any atom is 0.106 e. The number of methoxy groups -OCH3 is 1. The number of hydrogen-bond acceptors (Lipinski definition) is 2. The Morgan fingerprint density at radius 3 is 2.42 bits per heavy atom. The van der Waals surface area contributed by atoms with Gasteiger partial charge in [0.2, 0.25) is 0 Å². The summed E-state index contributed by atoms with van der Waals surface area (Å²) >= 11 is 17.9. The average Bonchev–Trinajstić information content (AvgIpc) is 2.39. The Morgan fingerprint density at radius 2 is 1.84 bits per heavy atom. The number of benzene rings is 1. The highest BCUT2D eigenvalue weighted by Gasteiger charge is 2.07. The van der Waals surface area contributed by atoms with Crippen molar-refractivity contribution in [1.29, 1.82) is 5.26 Å². The van der Waals surface area contributed by atoms with E-state index < -0.39 is 0 Å². The fourth-order valence-electron chi connectivity index (χ4n) is 1.64. The third kappa shape index (κ3) is 4.62. The topological polar surface area (TPSA) is 33.0 Å². The van der Waals surface area contributed by atoms with E-state index in [4.69, 9.17) is 44.8 Å². The van der Waals surface area contributed by atoms with Crippen molar-refractivity contribution in [2.75, 3.05) is 7.11 Å². The van der Waals surface area contributed by atoms with Gasteiger partial charge in [0.25, 0.3) is 0 Å². The van der Waals surface area contributed by atoms with Crippen molar-refractivity contribution in [3.63, 3.8) is 0 Å². The summed E-state index contributed by atoms with van der Waals surface area (Å²) in [5.74, 6) is 0.655. The van der Waals surface area contributed by atoms with Crippen molar-refractivity contribution in [1.82, 2.24) is 0 Å². The standard InChI is InChI=1S/C14H14Cl3NO/c1-9(19-2)11(8-18)5-3-4-10-6-13(16)14(17)7-12(10)15/h6-7H,3-5H2,1-2H3. The van der Waals surface area contributed by atoms with E-state index in [2.05, 4.69) is 6.07 Å². The first kappa shape index (κ1) is 16.2. The SMILES string of the molecule is COC(C)=C(C#N)CCCc1cc(Cl)c(Cl)cc1Cl. The van der Waals surface area contributed by atoms with Gasteiger partial charge in [-0.25, -0.2) is 0 Å². The number of rotatable bonds is 5. The van der Waals surface area contributed by atoms with Crippen LogP contribution < -0.4 is 0 Å². The smallest absolute Gasteiger partial charge is 0.106 e. The zero-order valence-electron chi connectivity index (χ0n) is 10.8. The Morgan fingerprint density at radius 1 is 1.21 bits per heavy atom. The molecule has 0 fully saturated rings. The number of nitrogens with zero attached hydrogens (tertiary/aromatic N) is 1. The third-order valence-corrected chi connectivity index (χ3v) is 3.90. The van der Waals surface area contributed by atoms with Crippen LogP contribution in [0.15, 0.2) is 23.5 Å². The highest BCUT2D eigenvalue weighted by Crippen LogP contribution is 2.30. The first-order valence-electron chi connectivity index (χ1n) is 5.76. The summed E-state index contributed by atoms with van der Waals surface area (Å²) in [6, 6.07) is 5.56. The van der Waals surface area contributed by atoms with Gasteiger partial charge in [0, 0.05) is 5.02 Å². The largest absolute Gasteiger partial charge is 0.500 e. The lowest BCUT2D eigenvalue weighted by Crippen LogP contribution is -1.93. The highest BCUT2D eigenvalue weighted by atomic mass is 35.5. The molecule has 0 N–H and O–H groups in total. The Labute approximate surface area is 128 Å². The van der Waals surface area contributed by atoms with E-state index in [1.54, 1.807) is 26.2 Å². The van der Waals surface area contributed by atoms with Gasteiger partial charge in [0.15, 0.2) is 0 Å². The van der Waals surface area contributed by atoms with Crippen LogP contribution in [-0.4, -0.2) is 7.11 Å². The summed E-state index contributed by atoms with van der Waals surface area (Å²) in [5.41, 5.74) is 1.59. The lowest BCUT2D eigenvalue weighted by molar-refractivity contribution is 0.289. The van der Waals surface area contributed by atoms with Crippen molar-refractivity contribution in [3.8, 4) is 6.07 Å². The van der Waals surface area contributed by atoms with E-state index in [1.165, 1.54) is 0 Å². The van der Waals surface area contributed by atoms with E-state index in [9.17, 15) is 0 Å². The van der Waals surface area contributed by atoms with Gasteiger partial charge >= 0.3 is 0 Å². The molecule has 0 aliphatic heterocycles. The molecule has 5 heteroatoms. The molecule has 0 aliphatic carbocycles. The van der Waals surface area contributed by atoms with Gasteiger partial charge in [0.05, 0.1) is 28.8 Å². The Bertz CT molecular complexity index is 532. The van der Waals surface area contributed by atoms with Crippen LogP contribution in [0, 0.1) is 11.3 Å². The highest BCUT2D eigenvalue weighted by molar-refractivity contribution is 6.43. The molecule has 0 radical (unpaired) electrons. The normalized spacial score (nSPS) is 11.8. The minimum Gasteiger partial charge on any atom is -0.500 e. The molecule has 0 bridgehead atoms. The van der Waals surface area contributed by atoms with Crippen molar-refractivity contribution in [2.24, 2.45) is 0 Å². The summed E-state index contributed by atoms with van der Waals surface area (Å²) in [5, 5.41) is 10.5. The minimum absolute atomic E-state index is 0.447. The molecule has 0 saturated heterocycles. The molecule has 0 unspecified atom stereocenters. The number of nitriles is 1. The number of allylic oxidation sites excluding steroid dienone is 2. The summed E-state index contributed by atoms with van der Waals surface area (Å²) in [6.07, 6.45) is 2.17. The summed E-state index contributed by atoms with van der Waals surface area (Å²) < 4.78 is 5.06. The molecule has 1 aromatic carbocycles. The van der Waals surface area contributed by atoms with E-state index in [1.807, 2.05) is 0 Å². The second kappa shape index (κ2) is 7.65. The Hall–Kier alpha value is -0.880. The molecule has 0 aromatic heterocycles. The van der Waals surface area contributed by atoms with Crippen LogP contribution in [0.5, 0.6) is 0 Å². The van der Waals surface area contributed by atoms with Gasteiger partial charge in [-0.2, -0.15) is 5.26 Å². The number of hydrogen-bond donors (Lipinski definition) is 0. The number of aryl methyl sites for hydroxylation is 1. The molecule has 0 spiro atoms. The van der Waals surface area contributed by atoms with Crippen LogP contribution in [0.4, 0.5) is 0 Å². The van der Waals surface area contributed by atoms with E-state index in [0.29, 0.717) is 32.8 Å². The third-order valence-electron chi connectivity index (χ3n) is 2.83. The molecule has 2 nitrogen and oxygen atoms in total. The van der Waals surface area contributed by atoms with E-state index in [-0.39, 0.29) is 0 Å². The number of halogens is 3. The predicted molar refractivity (Wildman–Crippen MR) is 79.7 cm³/mol. The lowest BCUT2D eigenvalue weighted by Gasteiger charge is -2.07. The number of ether oxygens (including phenoxy) is 1. The van der Waals surface area contributed by atoms with Gasteiger partial charge in [-0.3, -0.25) is 0 Å². The van der Waals surface area contributed by atoms with Gasteiger partial charge in [-0.15, -0.1) is 0 Å². The van der Waals surface area contributed by atoms with Crippen molar-refractivity contribution in [2.45, 2.75) is 26.2 Å². The average molecular weight is 319 g/mol. The maximum absolute atomic E-state index is 9.01. The van der Waals surface area contributed by atoms with Crippen LogP contribution in [0.25, 0.3) is 0 Å². The molecule has 1 rings (SSSR count). The van der Waals surface area contributed by atoms with E-state index >= 15 is 0 Å². The molecule has 19 heavy (non-hydrogen) atoms. The van der Waals surface area contributed by atoms with Gasteiger partial charge in [-0.05, 0) is 43.9 Å². The second-order valence-electron chi connectivity index (χ2n) is 4.06. The molecule has 0 atom stereocenters. The summed E-state index contributed by atoms with van der Waals surface area (Å²) in [6.45, 7) is 1.78. The molecule has 0 aliphatic rings. The zero-order chi connectivity index (χ0) is 14.4. The second-order valence-corrected chi connectivity index (χ2v) is 5.28. The summed E-state index contributed by atoms with van der Waals surface area (Å²) in [7, 11) is 1.56. The van der Waals surface area contributed by atoms with Crippen molar-refractivity contribution in [3.05, 3.63) is 44.1 Å². The Kier molecular flexibility index (Phi) is 6.51. The summed E-state index contributed by atoms with van der Waals surface area (Å²) in [4.78, 5) is 0. The molecular weight excluding hydrogens is 305 g/mol. The fourth-order valence-corrected chi connectivity index (χ4v) is 2.31. The monoisotopic (exact) mass is 317 g/mol. The molecule has 0 amide bonds. The van der Waals surface area contributed by atoms with Gasteiger partial charge < -0.3 is 4.74 Å². The van der Waals surface area contributed by atoms with Crippen molar-refractivity contribution < 1.29 is 4.74 Å². The predicted octanol–water partition coefficient (Wildman–Crippen LogP) is 5.41. The first-order chi connectivity index (χ1) is 8.99. The lowest BCUT2D eigenvalue weighted by atomic mass is 10.0. The quantitative estimate of drug-likeness (QED) is 0.413. The molecule has 0 saturated carbocycles.